The zero-order valence-corrected chi connectivity index (χ0v) is 9.43. The number of rotatable bonds is 3. The van der Waals surface area contributed by atoms with Gasteiger partial charge in [0, 0.05) is 6.54 Å². The van der Waals surface area contributed by atoms with Crippen LogP contribution in [0.4, 0.5) is 4.79 Å². The average molecular weight is 230 g/mol. The Bertz CT molecular complexity index is 454. The molecule has 0 bridgehead atoms. The predicted octanol–water partition coefficient (Wildman–Crippen LogP) is 1.52. The molecule has 0 spiro atoms. The third-order valence-electron chi connectivity index (χ3n) is 3.36. The number of imide groups is 1. The van der Waals surface area contributed by atoms with E-state index in [1.54, 1.807) is 4.90 Å². The maximum absolute atomic E-state index is 11.7. The van der Waals surface area contributed by atoms with Crippen LogP contribution >= 0.6 is 0 Å². The number of amides is 3. The molecule has 17 heavy (non-hydrogen) atoms. The molecule has 1 saturated heterocycles. The first-order valence-corrected chi connectivity index (χ1v) is 5.91. The van der Waals surface area contributed by atoms with Crippen LogP contribution in [0, 0.1) is 5.92 Å². The summed E-state index contributed by atoms with van der Waals surface area (Å²) in [5, 5.41) is 2.41. The summed E-state index contributed by atoms with van der Waals surface area (Å²) in [7, 11) is 0. The topological polar surface area (TPSA) is 49.4 Å². The van der Waals surface area contributed by atoms with Crippen LogP contribution in [-0.4, -0.2) is 22.9 Å². The predicted molar refractivity (Wildman–Crippen MR) is 62.0 cm³/mol. The van der Waals surface area contributed by atoms with Gasteiger partial charge in [-0.2, -0.15) is 0 Å². The highest BCUT2D eigenvalue weighted by atomic mass is 16.2. The van der Waals surface area contributed by atoms with Gasteiger partial charge in [0.2, 0.25) is 0 Å². The highest BCUT2D eigenvalue weighted by molar-refractivity contribution is 6.04. The fraction of sp³-hybridized carbons (Fsp3) is 0.385. The lowest BCUT2D eigenvalue weighted by Crippen LogP contribution is -2.36. The molecule has 1 saturated carbocycles. The summed E-state index contributed by atoms with van der Waals surface area (Å²) in [6.07, 6.45) is 2.10. The van der Waals surface area contributed by atoms with Crippen molar-refractivity contribution in [3.63, 3.8) is 0 Å². The lowest BCUT2D eigenvalue weighted by molar-refractivity contribution is -0.122. The van der Waals surface area contributed by atoms with Crippen LogP contribution in [0.5, 0.6) is 0 Å². The van der Waals surface area contributed by atoms with Gasteiger partial charge in [-0.05, 0) is 24.3 Å². The van der Waals surface area contributed by atoms with E-state index in [0.29, 0.717) is 12.5 Å². The van der Waals surface area contributed by atoms with E-state index in [1.165, 1.54) is 0 Å². The van der Waals surface area contributed by atoms with Crippen molar-refractivity contribution in [2.75, 3.05) is 0 Å². The zero-order valence-electron chi connectivity index (χ0n) is 9.43. The lowest BCUT2D eigenvalue weighted by atomic mass is 10.1. The van der Waals surface area contributed by atoms with Crippen molar-refractivity contribution in [3.8, 4) is 0 Å². The molecule has 1 unspecified atom stereocenters. The van der Waals surface area contributed by atoms with Gasteiger partial charge in [0.15, 0.2) is 0 Å². The summed E-state index contributed by atoms with van der Waals surface area (Å²) in [6.45, 7) is 0.513. The third kappa shape index (κ3) is 1.90. The highest BCUT2D eigenvalue weighted by Gasteiger charge is 2.47. The van der Waals surface area contributed by atoms with Crippen LogP contribution in [0.2, 0.25) is 0 Å². The minimum atomic E-state index is -0.254. The van der Waals surface area contributed by atoms with Gasteiger partial charge in [0.1, 0.15) is 6.04 Å². The average Bonchev–Trinajstić information content (AvgIpc) is 3.10. The van der Waals surface area contributed by atoms with Crippen molar-refractivity contribution in [1.29, 1.82) is 0 Å². The van der Waals surface area contributed by atoms with Crippen molar-refractivity contribution in [2.45, 2.75) is 25.4 Å². The number of benzene rings is 1. The molecule has 1 atom stereocenters. The van der Waals surface area contributed by atoms with E-state index in [9.17, 15) is 9.59 Å². The monoisotopic (exact) mass is 230 g/mol. The number of carbonyl (C=O) groups excluding carboxylic acids is 2. The molecule has 2 fully saturated rings. The van der Waals surface area contributed by atoms with Gasteiger partial charge >= 0.3 is 6.03 Å². The van der Waals surface area contributed by atoms with E-state index in [-0.39, 0.29) is 18.0 Å². The fourth-order valence-electron chi connectivity index (χ4n) is 2.35. The first-order chi connectivity index (χ1) is 8.25. The molecule has 0 radical (unpaired) electrons. The Balaban J connectivity index is 1.80. The summed E-state index contributed by atoms with van der Waals surface area (Å²) in [4.78, 5) is 25.1. The lowest BCUT2D eigenvalue weighted by Gasteiger charge is -2.21. The van der Waals surface area contributed by atoms with E-state index in [1.807, 2.05) is 30.3 Å². The van der Waals surface area contributed by atoms with Crippen LogP contribution in [0.3, 0.4) is 0 Å². The first kappa shape index (κ1) is 10.3. The third-order valence-corrected chi connectivity index (χ3v) is 3.36. The fourth-order valence-corrected chi connectivity index (χ4v) is 2.35. The number of carbonyl (C=O) groups is 2. The zero-order chi connectivity index (χ0) is 11.8. The van der Waals surface area contributed by atoms with Crippen molar-refractivity contribution in [2.24, 2.45) is 5.92 Å². The molecular formula is C13H14N2O2. The van der Waals surface area contributed by atoms with E-state index in [2.05, 4.69) is 5.32 Å². The SMILES string of the molecule is O=C1NC(=O)N(Cc2ccccc2)C1C1CC1. The molecule has 1 aliphatic heterocycles. The Labute approximate surface area is 99.6 Å². The van der Waals surface area contributed by atoms with Gasteiger partial charge in [0.05, 0.1) is 0 Å². The Morgan fingerprint density at radius 2 is 1.88 bits per heavy atom. The summed E-state index contributed by atoms with van der Waals surface area (Å²) in [5.41, 5.74) is 1.06. The minimum absolute atomic E-state index is 0.131. The standard InChI is InChI=1S/C13H14N2O2/c16-12-11(10-6-7-10)15(13(17)14-12)8-9-4-2-1-3-5-9/h1-5,10-11H,6-8H2,(H,14,16,17). The molecule has 1 aromatic rings. The van der Waals surface area contributed by atoms with Crippen LogP contribution in [0.15, 0.2) is 30.3 Å². The molecule has 2 aliphatic rings. The molecule has 0 aromatic heterocycles. The number of hydrogen-bond donors (Lipinski definition) is 1. The number of hydrogen-bond acceptors (Lipinski definition) is 2. The normalized spacial score (nSPS) is 24.0. The Morgan fingerprint density at radius 3 is 2.53 bits per heavy atom. The number of nitrogens with one attached hydrogen (secondary N) is 1. The summed E-state index contributed by atoms with van der Waals surface area (Å²) in [5.74, 6) is 0.235. The maximum Gasteiger partial charge on any atom is 0.325 e. The second kappa shape index (κ2) is 3.87. The summed E-state index contributed by atoms with van der Waals surface area (Å²) < 4.78 is 0. The smallest absolute Gasteiger partial charge is 0.308 e. The molecule has 1 aromatic carbocycles. The summed E-state index contributed by atoms with van der Waals surface area (Å²) >= 11 is 0. The van der Waals surface area contributed by atoms with Gasteiger partial charge in [-0.25, -0.2) is 4.79 Å². The van der Waals surface area contributed by atoms with Crippen LogP contribution in [-0.2, 0) is 11.3 Å². The van der Waals surface area contributed by atoms with Gasteiger partial charge in [-0.3, -0.25) is 10.1 Å². The van der Waals surface area contributed by atoms with Crippen LogP contribution in [0.25, 0.3) is 0 Å². The molecule has 88 valence electrons. The molecule has 4 heteroatoms. The van der Waals surface area contributed by atoms with E-state index >= 15 is 0 Å². The Kier molecular flexibility index (Phi) is 2.35. The minimum Gasteiger partial charge on any atom is -0.308 e. The van der Waals surface area contributed by atoms with Crippen molar-refractivity contribution >= 4 is 11.9 Å². The second-order valence-electron chi connectivity index (χ2n) is 4.69. The van der Waals surface area contributed by atoms with E-state index in [4.69, 9.17) is 0 Å². The van der Waals surface area contributed by atoms with Crippen LogP contribution < -0.4 is 5.32 Å². The first-order valence-electron chi connectivity index (χ1n) is 5.91. The Hall–Kier alpha value is -1.84. The van der Waals surface area contributed by atoms with Gasteiger partial charge in [-0.15, -0.1) is 0 Å². The molecule has 3 rings (SSSR count). The van der Waals surface area contributed by atoms with Gasteiger partial charge in [-0.1, -0.05) is 30.3 Å². The number of nitrogens with zero attached hydrogens (tertiary/aromatic N) is 1. The van der Waals surface area contributed by atoms with Crippen molar-refractivity contribution in [3.05, 3.63) is 35.9 Å². The molecule has 1 heterocycles. The van der Waals surface area contributed by atoms with E-state index in [0.717, 1.165) is 18.4 Å². The molecule has 1 N–H and O–H groups in total. The summed E-state index contributed by atoms with van der Waals surface area (Å²) in [6, 6.07) is 9.27. The highest BCUT2D eigenvalue weighted by Crippen LogP contribution is 2.37. The van der Waals surface area contributed by atoms with Crippen LogP contribution in [0.1, 0.15) is 18.4 Å². The Morgan fingerprint density at radius 1 is 1.18 bits per heavy atom. The van der Waals surface area contributed by atoms with Gasteiger partial charge < -0.3 is 4.90 Å². The molecule has 1 aliphatic carbocycles. The molecular weight excluding hydrogens is 216 g/mol. The van der Waals surface area contributed by atoms with Gasteiger partial charge in [0.25, 0.3) is 5.91 Å². The second-order valence-corrected chi connectivity index (χ2v) is 4.69. The van der Waals surface area contributed by atoms with Crippen molar-refractivity contribution in [1.82, 2.24) is 10.2 Å². The molecule has 4 nitrogen and oxygen atoms in total. The number of urea groups is 1. The largest absolute Gasteiger partial charge is 0.325 e. The van der Waals surface area contributed by atoms with E-state index < -0.39 is 0 Å². The molecule has 3 amide bonds. The quantitative estimate of drug-likeness (QED) is 0.800. The maximum atomic E-state index is 11.7. The van der Waals surface area contributed by atoms with Crippen molar-refractivity contribution < 1.29 is 9.59 Å².